The van der Waals surface area contributed by atoms with E-state index in [9.17, 15) is 9.90 Å². The summed E-state index contributed by atoms with van der Waals surface area (Å²) < 4.78 is 11.5. The van der Waals surface area contributed by atoms with Crippen molar-refractivity contribution in [3.63, 3.8) is 0 Å². The number of aryl methyl sites for hydroxylation is 1. The van der Waals surface area contributed by atoms with Gasteiger partial charge < -0.3 is 9.84 Å². The summed E-state index contributed by atoms with van der Waals surface area (Å²) in [6.07, 6.45) is 0. The number of hydrogen-bond acceptors (Lipinski definition) is 7. The van der Waals surface area contributed by atoms with Gasteiger partial charge in [-0.2, -0.15) is 0 Å². The first kappa shape index (κ1) is 18.0. The molecule has 4 rings (SSSR count). The van der Waals surface area contributed by atoms with Crippen molar-refractivity contribution in [1.82, 2.24) is 14.7 Å². The van der Waals surface area contributed by atoms with Gasteiger partial charge in [-0.05, 0) is 30.7 Å². The summed E-state index contributed by atoms with van der Waals surface area (Å²) in [5, 5.41) is 16.3. The summed E-state index contributed by atoms with van der Waals surface area (Å²) >= 11 is 1.45. The first-order valence-electron chi connectivity index (χ1n) is 8.51. The maximum Gasteiger partial charge on any atom is 0.442 e. The summed E-state index contributed by atoms with van der Waals surface area (Å²) in [6, 6.07) is 12.7. The molecule has 2 aromatic heterocycles. The molecule has 0 saturated heterocycles. The second kappa shape index (κ2) is 7.32. The van der Waals surface area contributed by atoms with Gasteiger partial charge in [0.05, 0.1) is 19.3 Å². The van der Waals surface area contributed by atoms with Gasteiger partial charge in [-0.1, -0.05) is 29.4 Å². The lowest BCUT2D eigenvalue weighted by atomic mass is 10.1. The van der Waals surface area contributed by atoms with E-state index in [-0.39, 0.29) is 12.3 Å². The molecule has 0 amide bonds. The molecule has 0 bridgehead atoms. The zero-order valence-corrected chi connectivity index (χ0v) is 16.1. The highest BCUT2D eigenvalue weighted by Gasteiger charge is 2.16. The molecule has 0 fully saturated rings. The molecule has 0 aliphatic heterocycles. The van der Waals surface area contributed by atoms with Gasteiger partial charge in [0.2, 0.25) is 0 Å². The maximum absolute atomic E-state index is 12.2. The monoisotopic (exact) mass is 395 g/mol. The number of methoxy groups -OCH3 is 1. The fraction of sp³-hybridized carbons (Fsp3) is 0.150. The molecule has 4 aromatic rings. The molecule has 0 aliphatic rings. The van der Waals surface area contributed by atoms with E-state index >= 15 is 0 Å². The summed E-state index contributed by atoms with van der Waals surface area (Å²) in [5.74, 6) is 0.399. The lowest BCUT2D eigenvalue weighted by Gasteiger charge is -2.06. The van der Waals surface area contributed by atoms with Gasteiger partial charge in [0, 0.05) is 16.5 Å². The Labute approximate surface area is 164 Å². The highest BCUT2D eigenvalue weighted by atomic mass is 32.1. The summed E-state index contributed by atoms with van der Waals surface area (Å²) in [4.78, 5) is 16.8. The van der Waals surface area contributed by atoms with Crippen LogP contribution in [-0.2, 0) is 6.54 Å². The first-order valence-corrected chi connectivity index (χ1v) is 9.39. The van der Waals surface area contributed by atoms with Crippen molar-refractivity contribution < 1.29 is 14.4 Å². The molecule has 2 heterocycles. The minimum atomic E-state index is -0.529. The number of thiazole rings is 1. The van der Waals surface area contributed by atoms with Gasteiger partial charge in [-0.25, -0.2) is 9.78 Å². The van der Waals surface area contributed by atoms with Crippen LogP contribution in [0.15, 0.2) is 57.2 Å². The Morgan fingerprint density at radius 2 is 2.07 bits per heavy atom. The van der Waals surface area contributed by atoms with Crippen LogP contribution in [0.1, 0.15) is 11.3 Å². The predicted molar refractivity (Wildman–Crippen MR) is 106 cm³/mol. The van der Waals surface area contributed by atoms with Gasteiger partial charge in [-0.3, -0.25) is 9.09 Å². The van der Waals surface area contributed by atoms with E-state index in [0.29, 0.717) is 17.3 Å². The van der Waals surface area contributed by atoms with E-state index in [1.807, 2.05) is 36.6 Å². The number of rotatable bonds is 5. The second-order valence-electron chi connectivity index (χ2n) is 6.20. The molecule has 28 heavy (non-hydrogen) atoms. The Kier molecular flexibility index (Phi) is 4.70. The van der Waals surface area contributed by atoms with E-state index < -0.39 is 5.76 Å². The minimum Gasteiger partial charge on any atom is -0.504 e. The maximum atomic E-state index is 12.2. The van der Waals surface area contributed by atoms with Crippen molar-refractivity contribution in [3.05, 3.63) is 69.7 Å². The van der Waals surface area contributed by atoms with E-state index in [0.717, 1.165) is 21.7 Å². The zero-order chi connectivity index (χ0) is 19.7. The predicted octanol–water partition coefficient (Wildman–Crippen LogP) is 3.70. The van der Waals surface area contributed by atoms with E-state index in [1.54, 1.807) is 18.2 Å². The van der Waals surface area contributed by atoms with Crippen molar-refractivity contribution in [2.75, 3.05) is 7.11 Å². The van der Waals surface area contributed by atoms with E-state index in [4.69, 9.17) is 9.26 Å². The average molecular weight is 395 g/mol. The molecule has 142 valence electrons. The number of phenolic OH excluding ortho intramolecular Hbond substituents is 1. The van der Waals surface area contributed by atoms with Crippen LogP contribution in [0.5, 0.6) is 11.5 Å². The molecule has 7 nitrogen and oxygen atoms in total. The number of ether oxygens (including phenoxy) is 1. The lowest BCUT2D eigenvalue weighted by molar-refractivity contribution is 0.373. The Balaban J connectivity index is 1.67. The van der Waals surface area contributed by atoms with Crippen molar-refractivity contribution in [1.29, 1.82) is 0 Å². The molecule has 0 atom stereocenters. The number of hydrogen-bond donors (Lipinski definition) is 1. The molecule has 0 saturated carbocycles. The summed E-state index contributed by atoms with van der Waals surface area (Å²) in [7, 11) is 1.50. The topological polar surface area (TPSA) is 90.4 Å². The van der Waals surface area contributed by atoms with Crippen molar-refractivity contribution in [2.45, 2.75) is 13.5 Å². The van der Waals surface area contributed by atoms with Crippen LogP contribution in [0.3, 0.4) is 0 Å². The molecule has 0 radical (unpaired) electrons. The smallest absolute Gasteiger partial charge is 0.442 e. The molecular formula is C20H17N3O4S. The molecule has 0 aliphatic carbocycles. The number of aromatic hydroxyl groups is 1. The third-order valence-electron chi connectivity index (χ3n) is 4.37. The summed E-state index contributed by atoms with van der Waals surface area (Å²) in [5.41, 5.74) is 3.38. The number of aromatic nitrogens is 3. The second-order valence-corrected chi connectivity index (χ2v) is 7.06. The van der Waals surface area contributed by atoms with Gasteiger partial charge in [0.15, 0.2) is 17.3 Å². The lowest BCUT2D eigenvalue weighted by Crippen LogP contribution is -2.16. The Morgan fingerprint density at radius 3 is 2.86 bits per heavy atom. The molecule has 1 N–H and O–H groups in total. The van der Waals surface area contributed by atoms with Crippen LogP contribution in [0, 0.1) is 6.92 Å². The highest BCUT2D eigenvalue weighted by Crippen LogP contribution is 2.33. The van der Waals surface area contributed by atoms with Crippen LogP contribution >= 0.6 is 11.3 Å². The normalized spacial score (nSPS) is 10.9. The fourth-order valence-corrected chi connectivity index (χ4v) is 3.72. The fourth-order valence-electron chi connectivity index (χ4n) is 2.91. The zero-order valence-electron chi connectivity index (χ0n) is 15.2. The number of nitrogens with zero attached hydrogens (tertiary/aromatic N) is 3. The SMILES string of the molecule is COc1cc(-c2nc(Cn3c(-c4ccccc4C)noc3=O)cs2)ccc1O. The van der Waals surface area contributed by atoms with Crippen molar-refractivity contribution in [2.24, 2.45) is 0 Å². The van der Waals surface area contributed by atoms with Crippen molar-refractivity contribution in [3.8, 4) is 33.5 Å². The van der Waals surface area contributed by atoms with E-state index in [2.05, 4.69) is 10.1 Å². The van der Waals surface area contributed by atoms with Crippen LogP contribution in [0.25, 0.3) is 22.0 Å². The Bertz CT molecular complexity index is 1190. The van der Waals surface area contributed by atoms with Gasteiger partial charge in [-0.15, -0.1) is 11.3 Å². The molecule has 0 unspecified atom stereocenters. The number of phenols is 1. The molecule has 2 aromatic carbocycles. The third-order valence-corrected chi connectivity index (χ3v) is 5.31. The third kappa shape index (κ3) is 3.29. The number of benzene rings is 2. The quantitative estimate of drug-likeness (QED) is 0.554. The Morgan fingerprint density at radius 1 is 1.25 bits per heavy atom. The van der Waals surface area contributed by atoms with Crippen LogP contribution in [-0.4, -0.2) is 26.9 Å². The Hall–Kier alpha value is -3.39. The standard InChI is InChI=1S/C20H17N3O4S/c1-12-5-3-4-6-15(12)18-22-27-20(25)23(18)10-14-11-28-19(21-14)13-7-8-16(24)17(9-13)26-2/h3-9,11,24H,10H2,1-2H3. The molecule has 0 spiro atoms. The van der Waals surface area contributed by atoms with Gasteiger partial charge in [0.25, 0.3) is 0 Å². The highest BCUT2D eigenvalue weighted by molar-refractivity contribution is 7.13. The van der Waals surface area contributed by atoms with Gasteiger partial charge in [0.1, 0.15) is 5.01 Å². The van der Waals surface area contributed by atoms with Crippen LogP contribution in [0.4, 0.5) is 0 Å². The largest absolute Gasteiger partial charge is 0.504 e. The summed E-state index contributed by atoms with van der Waals surface area (Å²) in [6.45, 7) is 2.20. The van der Waals surface area contributed by atoms with Crippen LogP contribution in [0.2, 0.25) is 0 Å². The first-order chi connectivity index (χ1) is 13.6. The van der Waals surface area contributed by atoms with Gasteiger partial charge >= 0.3 is 5.76 Å². The van der Waals surface area contributed by atoms with Crippen LogP contribution < -0.4 is 10.5 Å². The molecular weight excluding hydrogens is 378 g/mol. The van der Waals surface area contributed by atoms with Crippen molar-refractivity contribution >= 4 is 11.3 Å². The minimum absolute atomic E-state index is 0.0712. The van der Waals surface area contributed by atoms with E-state index in [1.165, 1.54) is 23.0 Å². The average Bonchev–Trinajstić information content (AvgIpc) is 3.31. The molecule has 8 heteroatoms.